The average molecular weight is 251 g/mol. The Morgan fingerprint density at radius 1 is 1.47 bits per heavy atom. The van der Waals surface area contributed by atoms with Crippen LogP contribution in [0.4, 0.5) is 5.13 Å². The van der Waals surface area contributed by atoms with Crippen LogP contribution in [0.5, 0.6) is 0 Å². The highest BCUT2D eigenvalue weighted by molar-refractivity contribution is 7.13. The van der Waals surface area contributed by atoms with E-state index in [-0.39, 0.29) is 0 Å². The molecule has 1 N–H and O–H groups in total. The van der Waals surface area contributed by atoms with Gasteiger partial charge in [0.15, 0.2) is 5.13 Å². The number of rotatable bonds is 5. The lowest BCUT2D eigenvalue weighted by Gasteiger charge is -2.13. The fourth-order valence-electron chi connectivity index (χ4n) is 1.61. The van der Waals surface area contributed by atoms with Crippen molar-refractivity contribution in [2.75, 3.05) is 19.0 Å². The second-order valence-corrected chi connectivity index (χ2v) is 4.86. The highest BCUT2D eigenvalue weighted by atomic mass is 32.1. The van der Waals surface area contributed by atoms with Crippen LogP contribution >= 0.6 is 11.3 Å². The first-order chi connectivity index (χ1) is 8.19. The average Bonchev–Trinajstić information content (AvgIpc) is 2.88. The molecule has 0 saturated carbocycles. The molecule has 0 amide bonds. The minimum atomic E-state index is 0.750. The lowest BCUT2D eigenvalue weighted by molar-refractivity contribution is 0.481. The molecular weight excluding hydrogens is 234 g/mol. The van der Waals surface area contributed by atoms with Crippen molar-refractivity contribution in [3.8, 4) is 0 Å². The highest BCUT2D eigenvalue weighted by Crippen LogP contribution is 2.21. The smallest absolute Gasteiger partial charge is 0.185 e. The molecule has 0 fully saturated rings. The molecule has 17 heavy (non-hydrogen) atoms. The van der Waals surface area contributed by atoms with E-state index < -0.39 is 0 Å². The van der Waals surface area contributed by atoms with Crippen LogP contribution < -0.4 is 10.2 Å². The van der Waals surface area contributed by atoms with E-state index in [9.17, 15) is 0 Å². The Balaban J connectivity index is 2.01. The summed E-state index contributed by atoms with van der Waals surface area (Å²) in [6, 6.07) is 3.99. The van der Waals surface area contributed by atoms with Crippen LogP contribution in [0.25, 0.3) is 0 Å². The number of aromatic nitrogens is 1. The second-order valence-electron chi connectivity index (χ2n) is 4.02. The van der Waals surface area contributed by atoms with Crippen LogP contribution in [0.1, 0.15) is 17.2 Å². The van der Waals surface area contributed by atoms with Crippen LogP contribution in [0.15, 0.2) is 21.9 Å². The van der Waals surface area contributed by atoms with E-state index in [2.05, 4.69) is 20.6 Å². The molecule has 0 bridgehead atoms. The van der Waals surface area contributed by atoms with Crippen molar-refractivity contribution in [1.29, 1.82) is 0 Å². The molecule has 2 heterocycles. The molecule has 0 aliphatic carbocycles. The molecule has 2 aromatic heterocycles. The SMILES string of the molecule is CNCc1csc(N(C)Cc2ccc(C)o2)n1. The Hall–Kier alpha value is -1.33. The predicted octanol–water partition coefficient (Wildman–Crippen LogP) is 2.40. The first-order valence-corrected chi connectivity index (χ1v) is 6.42. The maximum atomic E-state index is 5.55. The first kappa shape index (κ1) is 12.1. The molecule has 2 aromatic rings. The van der Waals surface area contributed by atoms with Gasteiger partial charge in [0, 0.05) is 19.0 Å². The summed E-state index contributed by atoms with van der Waals surface area (Å²) in [4.78, 5) is 6.64. The van der Waals surface area contributed by atoms with Crippen LogP contribution in [-0.2, 0) is 13.1 Å². The summed E-state index contributed by atoms with van der Waals surface area (Å²) < 4.78 is 5.55. The van der Waals surface area contributed by atoms with E-state index in [4.69, 9.17) is 4.42 Å². The summed E-state index contributed by atoms with van der Waals surface area (Å²) in [5, 5.41) is 6.19. The third-order valence-corrected chi connectivity index (χ3v) is 3.42. The number of thiazole rings is 1. The zero-order valence-electron chi connectivity index (χ0n) is 10.4. The Labute approximate surface area is 105 Å². The summed E-state index contributed by atoms with van der Waals surface area (Å²) in [5.41, 5.74) is 1.08. The minimum absolute atomic E-state index is 0.750. The van der Waals surface area contributed by atoms with Crippen LogP contribution in [0, 0.1) is 6.92 Å². The van der Waals surface area contributed by atoms with Gasteiger partial charge in [0.05, 0.1) is 12.2 Å². The molecule has 2 rings (SSSR count). The van der Waals surface area contributed by atoms with Crippen molar-refractivity contribution in [2.45, 2.75) is 20.0 Å². The van der Waals surface area contributed by atoms with Gasteiger partial charge in [0.2, 0.25) is 0 Å². The fourth-order valence-corrected chi connectivity index (χ4v) is 2.40. The predicted molar refractivity (Wildman–Crippen MR) is 70.4 cm³/mol. The number of nitrogens with one attached hydrogen (secondary N) is 1. The largest absolute Gasteiger partial charge is 0.464 e. The Kier molecular flexibility index (Phi) is 3.81. The van der Waals surface area contributed by atoms with Crippen molar-refractivity contribution in [3.05, 3.63) is 34.7 Å². The normalized spacial score (nSPS) is 10.8. The van der Waals surface area contributed by atoms with Gasteiger partial charge in [0.1, 0.15) is 11.5 Å². The lowest BCUT2D eigenvalue weighted by Crippen LogP contribution is -2.16. The highest BCUT2D eigenvalue weighted by Gasteiger charge is 2.09. The van der Waals surface area contributed by atoms with E-state index in [0.29, 0.717) is 0 Å². The number of hydrogen-bond donors (Lipinski definition) is 1. The quantitative estimate of drug-likeness (QED) is 0.886. The number of nitrogens with zero attached hydrogens (tertiary/aromatic N) is 2. The summed E-state index contributed by atoms with van der Waals surface area (Å²) in [6.07, 6.45) is 0. The van der Waals surface area contributed by atoms with E-state index >= 15 is 0 Å². The van der Waals surface area contributed by atoms with Gasteiger partial charge in [-0.15, -0.1) is 11.3 Å². The summed E-state index contributed by atoms with van der Waals surface area (Å²) in [6.45, 7) is 3.52. The van der Waals surface area contributed by atoms with Crippen LogP contribution in [0.2, 0.25) is 0 Å². The van der Waals surface area contributed by atoms with Crippen molar-refractivity contribution in [1.82, 2.24) is 10.3 Å². The molecule has 0 saturated heterocycles. The molecule has 4 nitrogen and oxygen atoms in total. The van der Waals surface area contributed by atoms with Crippen molar-refractivity contribution < 1.29 is 4.42 Å². The molecule has 0 aromatic carbocycles. The van der Waals surface area contributed by atoms with Gasteiger partial charge in [-0.05, 0) is 26.1 Å². The summed E-state index contributed by atoms with van der Waals surface area (Å²) in [5.74, 6) is 1.92. The third-order valence-electron chi connectivity index (χ3n) is 2.41. The van der Waals surface area contributed by atoms with E-state index in [1.54, 1.807) is 11.3 Å². The van der Waals surface area contributed by atoms with Crippen molar-refractivity contribution in [3.63, 3.8) is 0 Å². The number of anilines is 1. The van der Waals surface area contributed by atoms with E-state index in [1.807, 2.05) is 33.2 Å². The van der Waals surface area contributed by atoms with Crippen LogP contribution in [-0.4, -0.2) is 19.1 Å². The number of furan rings is 1. The van der Waals surface area contributed by atoms with Crippen molar-refractivity contribution >= 4 is 16.5 Å². The van der Waals surface area contributed by atoms with E-state index in [1.165, 1.54) is 0 Å². The molecule has 0 unspecified atom stereocenters. The van der Waals surface area contributed by atoms with Gasteiger partial charge >= 0.3 is 0 Å². The molecule has 5 heteroatoms. The Morgan fingerprint density at radius 3 is 2.94 bits per heavy atom. The molecule has 0 atom stereocenters. The number of aryl methyl sites for hydroxylation is 1. The standard InChI is InChI=1S/C12H17N3OS/c1-9-4-5-11(16-9)7-15(3)12-14-10(6-13-2)8-17-12/h4-5,8,13H,6-7H2,1-3H3. The third kappa shape index (κ3) is 3.08. The Bertz CT molecular complexity index is 478. The van der Waals surface area contributed by atoms with Crippen LogP contribution in [0.3, 0.4) is 0 Å². The molecule has 0 aliphatic heterocycles. The maximum absolute atomic E-state index is 5.55. The first-order valence-electron chi connectivity index (χ1n) is 5.54. The van der Waals surface area contributed by atoms with Crippen molar-refractivity contribution in [2.24, 2.45) is 0 Å². The topological polar surface area (TPSA) is 41.3 Å². The Morgan fingerprint density at radius 2 is 2.29 bits per heavy atom. The maximum Gasteiger partial charge on any atom is 0.185 e. The minimum Gasteiger partial charge on any atom is -0.464 e. The second kappa shape index (κ2) is 5.33. The zero-order chi connectivity index (χ0) is 12.3. The van der Waals surface area contributed by atoms with Gasteiger partial charge in [-0.3, -0.25) is 0 Å². The fraction of sp³-hybridized carbons (Fsp3) is 0.417. The monoisotopic (exact) mass is 251 g/mol. The molecule has 0 aliphatic rings. The van der Waals surface area contributed by atoms with Gasteiger partial charge in [-0.2, -0.15) is 0 Å². The van der Waals surface area contributed by atoms with E-state index in [0.717, 1.165) is 35.4 Å². The molecule has 0 spiro atoms. The molecule has 0 radical (unpaired) electrons. The summed E-state index contributed by atoms with van der Waals surface area (Å²) >= 11 is 1.66. The van der Waals surface area contributed by atoms with Gasteiger partial charge < -0.3 is 14.6 Å². The summed E-state index contributed by atoms with van der Waals surface area (Å²) in [7, 11) is 3.95. The van der Waals surface area contributed by atoms with Gasteiger partial charge in [-0.25, -0.2) is 4.98 Å². The van der Waals surface area contributed by atoms with Gasteiger partial charge in [-0.1, -0.05) is 0 Å². The molecule has 92 valence electrons. The lowest BCUT2D eigenvalue weighted by atomic mass is 10.4. The zero-order valence-corrected chi connectivity index (χ0v) is 11.2. The molecular formula is C12H17N3OS. The van der Waals surface area contributed by atoms with Gasteiger partial charge in [0.25, 0.3) is 0 Å². The number of hydrogen-bond acceptors (Lipinski definition) is 5.